The summed E-state index contributed by atoms with van der Waals surface area (Å²) in [5, 5.41) is 4.17. The quantitative estimate of drug-likeness (QED) is 0.566. The van der Waals surface area contributed by atoms with E-state index >= 15 is 0 Å². The van der Waals surface area contributed by atoms with Gasteiger partial charge in [0.25, 0.3) is 0 Å². The molecule has 2 aliphatic rings. The van der Waals surface area contributed by atoms with Crippen molar-refractivity contribution >= 4 is 17.6 Å². The Morgan fingerprint density at radius 2 is 1.74 bits per heavy atom. The summed E-state index contributed by atoms with van der Waals surface area (Å²) >= 11 is 0. The zero-order valence-corrected chi connectivity index (χ0v) is 20.8. The molecular weight excluding hydrogens is 438 g/mol. The highest BCUT2D eigenvalue weighted by molar-refractivity contribution is 5.91. The van der Waals surface area contributed by atoms with E-state index in [-0.39, 0.29) is 17.4 Å². The van der Waals surface area contributed by atoms with Gasteiger partial charge in [-0.25, -0.2) is 4.79 Å². The lowest BCUT2D eigenvalue weighted by molar-refractivity contribution is -0.116. The SMILES string of the molecule is CC(=O)N(C)c1cnn(C(=O)N2CC3(CCN(Cc4ccc(-c5ccccc5)cc4C)CC3)C2)c1. The molecule has 182 valence electrons. The number of carbonyl (C=O) groups is 2. The third-order valence-corrected chi connectivity index (χ3v) is 7.71. The minimum atomic E-state index is -0.115. The van der Waals surface area contributed by atoms with Gasteiger partial charge in [0.05, 0.1) is 18.1 Å². The molecule has 2 aliphatic heterocycles. The van der Waals surface area contributed by atoms with Gasteiger partial charge in [-0.05, 0) is 55.1 Å². The highest BCUT2D eigenvalue weighted by atomic mass is 16.2. The molecule has 3 aromatic rings. The number of rotatable bonds is 4. The van der Waals surface area contributed by atoms with E-state index in [4.69, 9.17) is 0 Å². The molecule has 0 unspecified atom stereocenters. The fourth-order valence-electron chi connectivity index (χ4n) is 5.24. The number of aryl methyl sites for hydroxylation is 1. The van der Waals surface area contributed by atoms with Crippen molar-refractivity contribution in [2.45, 2.75) is 33.2 Å². The second kappa shape index (κ2) is 9.30. The van der Waals surface area contributed by atoms with Gasteiger partial charge in [0.15, 0.2) is 0 Å². The molecule has 0 atom stereocenters. The number of nitrogens with zero attached hydrogens (tertiary/aromatic N) is 5. The Morgan fingerprint density at radius 1 is 1.03 bits per heavy atom. The van der Waals surface area contributed by atoms with Gasteiger partial charge in [-0.2, -0.15) is 9.78 Å². The van der Waals surface area contributed by atoms with Crippen LogP contribution in [0.5, 0.6) is 0 Å². The molecule has 1 spiro atoms. The summed E-state index contributed by atoms with van der Waals surface area (Å²) in [7, 11) is 1.68. The zero-order chi connectivity index (χ0) is 24.6. The fourth-order valence-corrected chi connectivity index (χ4v) is 5.24. The molecule has 0 radical (unpaired) electrons. The first-order valence-electron chi connectivity index (χ1n) is 12.3. The van der Waals surface area contributed by atoms with Crippen LogP contribution in [0.15, 0.2) is 60.9 Å². The van der Waals surface area contributed by atoms with Crippen LogP contribution in [0.25, 0.3) is 11.1 Å². The Balaban J connectivity index is 1.13. The molecule has 0 aliphatic carbocycles. The van der Waals surface area contributed by atoms with Gasteiger partial charge in [-0.15, -0.1) is 0 Å². The van der Waals surface area contributed by atoms with Crippen LogP contribution < -0.4 is 4.90 Å². The molecule has 0 saturated carbocycles. The highest BCUT2D eigenvalue weighted by Gasteiger charge is 2.47. The van der Waals surface area contributed by atoms with Crippen LogP contribution in [0.2, 0.25) is 0 Å². The lowest BCUT2D eigenvalue weighted by Gasteiger charge is -2.53. The van der Waals surface area contributed by atoms with Crippen molar-refractivity contribution in [1.29, 1.82) is 0 Å². The summed E-state index contributed by atoms with van der Waals surface area (Å²) < 4.78 is 1.35. The number of hydrogen-bond donors (Lipinski definition) is 0. The van der Waals surface area contributed by atoms with Crippen molar-refractivity contribution in [3.8, 4) is 11.1 Å². The molecule has 2 amide bonds. The monoisotopic (exact) mass is 471 g/mol. The van der Waals surface area contributed by atoms with E-state index in [0.717, 1.165) is 45.6 Å². The molecule has 35 heavy (non-hydrogen) atoms. The van der Waals surface area contributed by atoms with Crippen LogP contribution in [-0.2, 0) is 11.3 Å². The predicted octanol–water partition coefficient (Wildman–Crippen LogP) is 4.41. The summed E-state index contributed by atoms with van der Waals surface area (Å²) in [6, 6.07) is 17.2. The van der Waals surface area contributed by atoms with Crippen LogP contribution in [-0.4, -0.2) is 64.7 Å². The predicted molar refractivity (Wildman–Crippen MR) is 137 cm³/mol. The molecule has 2 saturated heterocycles. The summed E-state index contributed by atoms with van der Waals surface area (Å²) in [5.74, 6) is -0.0889. The molecule has 7 heteroatoms. The molecule has 2 fully saturated rings. The number of hydrogen-bond acceptors (Lipinski definition) is 4. The summed E-state index contributed by atoms with van der Waals surface area (Å²) in [5.41, 5.74) is 6.09. The smallest absolute Gasteiger partial charge is 0.322 e. The Kier molecular flexibility index (Phi) is 6.19. The molecular formula is C28H33N5O2. The minimum absolute atomic E-state index is 0.0889. The average molecular weight is 472 g/mol. The third kappa shape index (κ3) is 4.73. The Labute approximate surface area is 206 Å². The second-order valence-electron chi connectivity index (χ2n) is 10.1. The second-order valence-corrected chi connectivity index (χ2v) is 10.1. The highest BCUT2D eigenvalue weighted by Crippen LogP contribution is 2.41. The molecule has 1 aromatic heterocycles. The van der Waals surface area contributed by atoms with Gasteiger partial charge >= 0.3 is 6.03 Å². The van der Waals surface area contributed by atoms with E-state index in [1.807, 2.05) is 11.0 Å². The molecule has 2 aromatic carbocycles. The van der Waals surface area contributed by atoms with Crippen LogP contribution in [0.3, 0.4) is 0 Å². The van der Waals surface area contributed by atoms with Gasteiger partial charge < -0.3 is 9.80 Å². The van der Waals surface area contributed by atoms with E-state index in [9.17, 15) is 9.59 Å². The molecule has 7 nitrogen and oxygen atoms in total. The number of piperidine rings is 1. The van der Waals surface area contributed by atoms with E-state index in [1.165, 1.54) is 38.8 Å². The van der Waals surface area contributed by atoms with Crippen molar-refractivity contribution in [3.63, 3.8) is 0 Å². The van der Waals surface area contributed by atoms with E-state index in [1.54, 1.807) is 19.4 Å². The number of carbonyl (C=O) groups excluding carboxylic acids is 2. The lowest BCUT2D eigenvalue weighted by atomic mass is 9.72. The van der Waals surface area contributed by atoms with Gasteiger partial charge in [-0.1, -0.05) is 48.5 Å². The standard InChI is InChI=1S/C28H33N5O2/c1-21-15-24(23-7-5-4-6-8-23)9-10-25(21)17-31-13-11-28(12-14-31)19-32(20-28)27(35)33-18-26(16-29-33)30(3)22(2)34/h4-10,15-16,18H,11-14,17,19-20H2,1-3H3. The Morgan fingerprint density at radius 3 is 2.40 bits per heavy atom. The maximum Gasteiger partial charge on any atom is 0.344 e. The Hall–Kier alpha value is -3.45. The first-order valence-corrected chi connectivity index (χ1v) is 12.3. The number of benzene rings is 2. The first-order chi connectivity index (χ1) is 16.8. The Bertz CT molecular complexity index is 1220. The summed E-state index contributed by atoms with van der Waals surface area (Å²) in [4.78, 5) is 30.3. The minimum Gasteiger partial charge on any atom is -0.322 e. The van der Waals surface area contributed by atoms with Crippen molar-refractivity contribution in [2.24, 2.45) is 5.41 Å². The normalized spacial score (nSPS) is 17.3. The topological polar surface area (TPSA) is 61.7 Å². The largest absolute Gasteiger partial charge is 0.344 e. The molecule has 0 bridgehead atoms. The van der Waals surface area contributed by atoms with Gasteiger partial charge in [-0.3, -0.25) is 9.69 Å². The third-order valence-electron chi connectivity index (χ3n) is 7.71. The molecule has 0 N–H and O–H groups in total. The van der Waals surface area contributed by atoms with Gasteiger partial charge in [0.1, 0.15) is 0 Å². The van der Waals surface area contributed by atoms with Crippen LogP contribution >= 0.6 is 0 Å². The first kappa shape index (κ1) is 23.3. The number of aromatic nitrogens is 2. The van der Waals surface area contributed by atoms with Crippen molar-refractivity contribution < 1.29 is 9.59 Å². The average Bonchev–Trinajstić information content (AvgIpc) is 3.34. The van der Waals surface area contributed by atoms with E-state index < -0.39 is 0 Å². The van der Waals surface area contributed by atoms with E-state index in [0.29, 0.717) is 5.69 Å². The number of amides is 2. The molecule has 3 heterocycles. The molecule has 5 rings (SSSR count). The van der Waals surface area contributed by atoms with Crippen molar-refractivity contribution in [3.05, 3.63) is 72.1 Å². The lowest BCUT2D eigenvalue weighted by Crippen LogP contribution is -2.62. The van der Waals surface area contributed by atoms with Crippen molar-refractivity contribution in [1.82, 2.24) is 19.6 Å². The summed E-state index contributed by atoms with van der Waals surface area (Å²) in [6.45, 7) is 8.33. The fraction of sp³-hybridized carbons (Fsp3) is 0.393. The van der Waals surface area contributed by atoms with Crippen LogP contribution in [0, 0.1) is 12.3 Å². The maximum atomic E-state index is 12.8. The van der Waals surface area contributed by atoms with Crippen molar-refractivity contribution in [2.75, 3.05) is 38.1 Å². The number of anilines is 1. The van der Waals surface area contributed by atoms with Crippen LogP contribution in [0.4, 0.5) is 10.5 Å². The number of likely N-dealkylation sites (tertiary alicyclic amines) is 2. The van der Waals surface area contributed by atoms with Crippen LogP contribution in [0.1, 0.15) is 30.9 Å². The maximum absolute atomic E-state index is 12.8. The zero-order valence-electron chi connectivity index (χ0n) is 20.8. The van der Waals surface area contributed by atoms with Gasteiger partial charge in [0.2, 0.25) is 5.91 Å². The summed E-state index contributed by atoms with van der Waals surface area (Å²) in [6.07, 6.45) is 5.40. The van der Waals surface area contributed by atoms with E-state index in [2.05, 4.69) is 59.4 Å². The van der Waals surface area contributed by atoms with Gasteiger partial charge in [0, 0.05) is 39.0 Å².